The van der Waals surface area contributed by atoms with Crippen molar-refractivity contribution >= 4 is 11.5 Å². The predicted octanol–water partition coefficient (Wildman–Crippen LogP) is 0.0916. The van der Waals surface area contributed by atoms with E-state index in [1.54, 1.807) is 12.1 Å². The Morgan fingerprint density at radius 3 is 2.88 bits per heavy atom. The van der Waals surface area contributed by atoms with Gasteiger partial charge in [0, 0.05) is 19.7 Å². The van der Waals surface area contributed by atoms with Crippen molar-refractivity contribution in [3.05, 3.63) is 12.1 Å². The van der Waals surface area contributed by atoms with Gasteiger partial charge in [-0.2, -0.15) is 4.98 Å². The Bertz CT molecular complexity index is 333. The van der Waals surface area contributed by atoms with E-state index < -0.39 is 6.10 Å². The smallest absolute Gasteiger partial charge is 0.215 e. The lowest BCUT2D eigenvalue weighted by molar-refractivity contribution is 0.0727. The molecule has 4 N–H and O–H groups in total. The Morgan fingerprint density at radius 1 is 1.50 bits per heavy atom. The number of hydrogen-bond donors (Lipinski definition) is 3. The van der Waals surface area contributed by atoms with Gasteiger partial charge < -0.3 is 25.6 Å². The Balaban J connectivity index is 2.58. The Morgan fingerprint density at radius 2 is 2.25 bits per heavy atom. The van der Waals surface area contributed by atoms with Crippen LogP contribution in [0.15, 0.2) is 12.1 Å². The first kappa shape index (κ1) is 12.5. The van der Waals surface area contributed by atoms with Crippen molar-refractivity contribution in [3.8, 4) is 5.88 Å². The minimum Gasteiger partial charge on any atom is -0.481 e. The quantitative estimate of drug-likeness (QED) is 0.638. The summed E-state index contributed by atoms with van der Waals surface area (Å²) in [6.45, 7) is 0.578. The topological polar surface area (TPSA) is 89.6 Å². The van der Waals surface area contributed by atoms with Crippen LogP contribution in [-0.2, 0) is 4.74 Å². The predicted molar refractivity (Wildman–Crippen MR) is 61.6 cm³/mol. The second kappa shape index (κ2) is 6.14. The highest BCUT2D eigenvalue weighted by molar-refractivity contribution is 5.61. The number of aliphatic hydroxyl groups excluding tert-OH is 1. The van der Waals surface area contributed by atoms with Crippen molar-refractivity contribution in [1.82, 2.24) is 4.98 Å². The lowest BCUT2D eigenvalue weighted by Gasteiger charge is -2.13. The van der Waals surface area contributed by atoms with Crippen molar-refractivity contribution in [3.63, 3.8) is 0 Å². The van der Waals surface area contributed by atoms with E-state index >= 15 is 0 Å². The van der Waals surface area contributed by atoms with E-state index in [0.29, 0.717) is 23.9 Å². The molecule has 0 fully saturated rings. The van der Waals surface area contributed by atoms with Gasteiger partial charge in [0.05, 0.1) is 25.5 Å². The number of methoxy groups -OCH3 is 2. The van der Waals surface area contributed by atoms with Gasteiger partial charge in [0.2, 0.25) is 5.88 Å². The molecule has 0 saturated heterocycles. The van der Waals surface area contributed by atoms with E-state index in [1.807, 2.05) is 0 Å². The summed E-state index contributed by atoms with van der Waals surface area (Å²) in [6, 6.07) is 3.36. The van der Waals surface area contributed by atoms with Crippen LogP contribution in [0.25, 0.3) is 0 Å². The molecule has 0 bridgehead atoms. The Kier molecular flexibility index (Phi) is 4.81. The number of nitrogens with two attached hydrogens (primary N) is 1. The summed E-state index contributed by atoms with van der Waals surface area (Å²) in [4.78, 5) is 4.11. The first-order valence-corrected chi connectivity index (χ1v) is 4.88. The van der Waals surface area contributed by atoms with Crippen LogP contribution in [0.2, 0.25) is 0 Å². The van der Waals surface area contributed by atoms with Crippen molar-refractivity contribution in [1.29, 1.82) is 0 Å². The Labute approximate surface area is 94.4 Å². The average molecular weight is 227 g/mol. The minimum absolute atomic E-state index is 0.261. The number of aromatic nitrogens is 1. The van der Waals surface area contributed by atoms with Crippen LogP contribution >= 0.6 is 0 Å². The van der Waals surface area contributed by atoms with Crippen molar-refractivity contribution in [2.45, 2.75) is 6.10 Å². The van der Waals surface area contributed by atoms with Gasteiger partial charge in [0.15, 0.2) is 5.82 Å². The Hall–Kier alpha value is -1.53. The monoisotopic (exact) mass is 227 g/mol. The standard InChI is InChI=1S/C10H17N3O3/c1-15-6-7(14)5-12-10-8(11)3-4-9(13-10)16-2/h3-4,7,14H,5-6,11H2,1-2H3,(H,12,13). The van der Waals surface area contributed by atoms with Gasteiger partial charge in [0.25, 0.3) is 0 Å². The number of pyridine rings is 1. The third-order valence-electron chi connectivity index (χ3n) is 1.97. The minimum atomic E-state index is -0.600. The molecule has 6 nitrogen and oxygen atoms in total. The number of ether oxygens (including phenoxy) is 2. The fraction of sp³-hybridized carbons (Fsp3) is 0.500. The first-order chi connectivity index (χ1) is 7.67. The summed E-state index contributed by atoms with van der Waals surface area (Å²) in [7, 11) is 3.06. The molecule has 1 rings (SSSR count). The van der Waals surface area contributed by atoms with E-state index in [4.69, 9.17) is 15.2 Å². The third-order valence-corrected chi connectivity index (χ3v) is 1.97. The molecule has 0 aliphatic heterocycles. The van der Waals surface area contributed by atoms with E-state index in [-0.39, 0.29) is 6.61 Å². The molecule has 0 aliphatic rings. The zero-order valence-electron chi connectivity index (χ0n) is 9.43. The summed E-state index contributed by atoms with van der Waals surface area (Å²) in [5, 5.41) is 12.4. The molecule has 0 radical (unpaired) electrons. The number of nitrogens with one attached hydrogen (secondary N) is 1. The van der Waals surface area contributed by atoms with Crippen LogP contribution < -0.4 is 15.8 Å². The van der Waals surface area contributed by atoms with Crippen LogP contribution in [0.1, 0.15) is 0 Å². The van der Waals surface area contributed by atoms with Gasteiger partial charge in [-0.05, 0) is 6.07 Å². The van der Waals surface area contributed by atoms with Gasteiger partial charge in [-0.15, -0.1) is 0 Å². The number of rotatable bonds is 6. The lowest BCUT2D eigenvalue weighted by Crippen LogP contribution is -2.24. The van der Waals surface area contributed by atoms with Crippen molar-refractivity contribution in [2.75, 3.05) is 38.4 Å². The molecule has 0 amide bonds. The normalized spacial score (nSPS) is 12.2. The van der Waals surface area contributed by atoms with Crippen LogP contribution in [0.3, 0.4) is 0 Å². The molecule has 1 unspecified atom stereocenters. The summed E-state index contributed by atoms with van der Waals surface area (Å²) in [5.41, 5.74) is 6.22. The molecule has 1 atom stereocenters. The highest BCUT2D eigenvalue weighted by atomic mass is 16.5. The van der Waals surface area contributed by atoms with Gasteiger partial charge in [-0.1, -0.05) is 0 Å². The number of nitrogen functional groups attached to an aromatic ring is 1. The van der Waals surface area contributed by atoms with Crippen LogP contribution in [0.4, 0.5) is 11.5 Å². The fourth-order valence-corrected chi connectivity index (χ4v) is 1.17. The van der Waals surface area contributed by atoms with Gasteiger partial charge in [-0.25, -0.2) is 0 Å². The van der Waals surface area contributed by atoms with Crippen molar-refractivity contribution < 1.29 is 14.6 Å². The molecule has 0 saturated carbocycles. The fourth-order valence-electron chi connectivity index (χ4n) is 1.17. The summed E-state index contributed by atoms with van der Waals surface area (Å²) in [6.07, 6.45) is -0.600. The maximum absolute atomic E-state index is 9.44. The molecular weight excluding hydrogens is 210 g/mol. The maximum Gasteiger partial charge on any atom is 0.215 e. The van der Waals surface area contributed by atoms with Gasteiger partial charge in [0.1, 0.15) is 0 Å². The molecule has 16 heavy (non-hydrogen) atoms. The van der Waals surface area contributed by atoms with Crippen LogP contribution in [-0.4, -0.2) is 43.6 Å². The highest BCUT2D eigenvalue weighted by Crippen LogP contribution is 2.19. The molecule has 1 heterocycles. The number of hydrogen-bond acceptors (Lipinski definition) is 6. The largest absolute Gasteiger partial charge is 0.481 e. The lowest BCUT2D eigenvalue weighted by atomic mass is 10.3. The molecular formula is C10H17N3O3. The molecule has 1 aromatic heterocycles. The second-order valence-corrected chi connectivity index (χ2v) is 3.28. The molecule has 1 aromatic rings. The van der Waals surface area contributed by atoms with E-state index in [1.165, 1.54) is 14.2 Å². The second-order valence-electron chi connectivity index (χ2n) is 3.28. The molecule has 0 spiro atoms. The van der Waals surface area contributed by atoms with E-state index in [0.717, 1.165) is 0 Å². The highest BCUT2D eigenvalue weighted by Gasteiger charge is 2.06. The number of anilines is 2. The summed E-state index contributed by atoms with van der Waals surface area (Å²) < 4.78 is 9.77. The average Bonchev–Trinajstić information content (AvgIpc) is 2.28. The molecule has 6 heteroatoms. The van der Waals surface area contributed by atoms with Gasteiger partial charge in [-0.3, -0.25) is 0 Å². The van der Waals surface area contributed by atoms with E-state index in [9.17, 15) is 5.11 Å². The molecule has 0 aromatic carbocycles. The summed E-state index contributed by atoms with van der Waals surface area (Å²) in [5.74, 6) is 0.965. The molecule has 0 aliphatic carbocycles. The maximum atomic E-state index is 9.44. The van der Waals surface area contributed by atoms with Crippen LogP contribution in [0.5, 0.6) is 5.88 Å². The van der Waals surface area contributed by atoms with E-state index in [2.05, 4.69) is 10.3 Å². The van der Waals surface area contributed by atoms with Gasteiger partial charge >= 0.3 is 0 Å². The number of aliphatic hydroxyl groups is 1. The number of nitrogens with zero attached hydrogens (tertiary/aromatic N) is 1. The van der Waals surface area contributed by atoms with Crippen molar-refractivity contribution in [2.24, 2.45) is 0 Å². The summed E-state index contributed by atoms with van der Waals surface area (Å²) >= 11 is 0. The SMILES string of the molecule is COCC(O)CNc1nc(OC)ccc1N. The molecule has 90 valence electrons. The first-order valence-electron chi connectivity index (χ1n) is 4.88. The zero-order chi connectivity index (χ0) is 12.0. The third kappa shape index (κ3) is 3.56. The zero-order valence-corrected chi connectivity index (χ0v) is 9.43. The van der Waals surface area contributed by atoms with Crippen LogP contribution in [0, 0.1) is 0 Å².